The van der Waals surface area contributed by atoms with E-state index in [0.29, 0.717) is 37.4 Å². The zero-order valence-electron chi connectivity index (χ0n) is 15.3. The summed E-state index contributed by atoms with van der Waals surface area (Å²) in [5.74, 6) is -0.504. The van der Waals surface area contributed by atoms with Gasteiger partial charge < -0.3 is 29.6 Å². The van der Waals surface area contributed by atoms with Crippen LogP contribution in [0.2, 0.25) is 6.32 Å². The molecule has 0 atom stereocenters. The minimum absolute atomic E-state index is 0. The van der Waals surface area contributed by atoms with Gasteiger partial charge in [-0.15, -0.1) is 12.4 Å². The Balaban J connectivity index is 0.00000240. The number of fused-ring (bicyclic) bond motifs is 1. The quantitative estimate of drug-likeness (QED) is 0.224. The predicted molar refractivity (Wildman–Crippen MR) is 106 cm³/mol. The first-order chi connectivity index (χ1) is 13.6. The first kappa shape index (κ1) is 20.8. The third kappa shape index (κ3) is 4.08. The van der Waals surface area contributed by atoms with Gasteiger partial charge in [0.15, 0.2) is 5.84 Å². The minimum atomic E-state index is -1.18. The Labute approximate surface area is 173 Å². The van der Waals surface area contributed by atoms with Crippen molar-refractivity contribution in [3.63, 3.8) is 0 Å². The molecule has 4 rings (SSSR count). The van der Waals surface area contributed by atoms with Crippen molar-refractivity contribution in [1.82, 2.24) is 9.88 Å². The number of halogens is 1. The Kier molecular flexibility index (Phi) is 6.14. The number of ether oxygens (including phenoxy) is 1. The molecule has 0 amide bonds. The molecule has 3 heterocycles. The van der Waals surface area contributed by atoms with E-state index in [1.165, 1.54) is 0 Å². The van der Waals surface area contributed by atoms with E-state index < -0.39 is 13.1 Å². The second kappa shape index (κ2) is 8.58. The van der Waals surface area contributed by atoms with Crippen LogP contribution in [0.1, 0.15) is 21.6 Å². The summed E-state index contributed by atoms with van der Waals surface area (Å²) in [6, 6.07) is 8.67. The van der Waals surface area contributed by atoms with E-state index in [1.54, 1.807) is 41.4 Å². The monoisotopic (exact) mass is 419 g/mol. The number of aromatic nitrogens is 1. The van der Waals surface area contributed by atoms with E-state index in [-0.39, 0.29) is 35.6 Å². The molecule has 1 fully saturated rings. The Hall–Kier alpha value is -2.98. The Morgan fingerprint density at radius 1 is 1.31 bits per heavy atom. The minimum Gasteiger partial charge on any atom is -0.535 e. The summed E-state index contributed by atoms with van der Waals surface area (Å²) in [6.45, 7) is 0.825. The molecule has 0 bridgehead atoms. The van der Waals surface area contributed by atoms with Crippen molar-refractivity contribution in [3.8, 4) is 11.5 Å². The largest absolute Gasteiger partial charge is 0.535 e. The number of amidine groups is 1. The van der Waals surface area contributed by atoms with Crippen molar-refractivity contribution in [2.45, 2.75) is 18.8 Å². The predicted octanol–water partition coefficient (Wildman–Crippen LogP) is 1.52. The normalized spacial score (nSPS) is 16.2. The second-order valence-corrected chi connectivity index (χ2v) is 6.63. The van der Waals surface area contributed by atoms with E-state index in [4.69, 9.17) is 9.39 Å². The van der Waals surface area contributed by atoms with Crippen molar-refractivity contribution in [2.24, 2.45) is 5.16 Å². The lowest BCUT2D eigenvalue weighted by molar-refractivity contribution is 0.0587. The molecule has 1 aromatic carbocycles. The number of aryl methyl sites for hydroxylation is 1. The molecule has 1 saturated heterocycles. The van der Waals surface area contributed by atoms with Crippen LogP contribution in [0.25, 0.3) is 0 Å². The summed E-state index contributed by atoms with van der Waals surface area (Å²) in [7, 11) is -1.03. The lowest BCUT2D eigenvalue weighted by Crippen LogP contribution is -2.56. The average Bonchev–Trinajstić information content (AvgIpc) is 2.66. The molecular weight excluding hydrogens is 400 g/mol. The van der Waals surface area contributed by atoms with E-state index in [2.05, 4.69) is 10.1 Å². The lowest BCUT2D eigenvalue weighted by Gasteiger charge is -2.40. The smallest absolute Gasteiger partial charge is 0.522 e. The fourth-order valence-corrected chi connectivity index (χ4v) is 3.35. The van der Waals surface area contributed by atoms with E-state index in [1.807, 2.05) is 0 Å². The van der Waals surface area contributed by atoms with Crippen LogP contribution >= 0.6 is 12.4 Å². The summed E-state index contributed by atoms with van der Waals surface area (Å²) in [5.41, 5.74) is 1.18. The highest BCUT2D eigenvalue weighted by Crippen LogP contribution is 2.37. The number of aromatic carboxylic acids is 1. The number of hydrogen-bond donors (Lipinski definition) is 3. The van der Waals surface area contributed by atoms with Crippen molar-refractivity contribution in [2.75, 3.05) is 13.1 Å². The number of carbonyl (C=O) groups is 1. The highest BCUT2D eigenvalue weighted by atomic mass is 35.5. The molecule has 2 aliphatic heterocycles. The number of carboxylic acid groups (broad SMARTS) is 1. The zero-order chi connectivity index (χ0) is 19.7. The Morgan fingerprint density at radius 2 is 2.10 bits per heavy atom. The van der Waals surface area contributed by atoms with Gasteiger partial charge in [0.25, 0.3) is 0 Å². The third-order valence-corrected chi connectivity index (χ3v) is 4.76. The molecule has 152 valence electrons. The number of rotatable bonds is 4. The SMILES string of the molecule is Cl.O=C(O)c1c(OC2CN(C(=NO)c3ccccn3)C2)ccc2c1OB(O)CC2. The van der Waals surface area contributed by atoms with Crippen LogP contribution in [-0.2, 0) is 6.42 Å². The fraction of sp³-hybridized carbons (Fsp3) is 0.278. The summed E-state index contributed by atoms with van der Waals surface area (Å²) >= 11 is 0. The summed E-state index contributed by atoms with van der Waals surface area (Å²) in [6.07, 6.45) is 2.27. The maximum absolute atomic E-state index is 11.8. The molecule has 2 aromatic rings. The van der Waals surface area contributed by atoms with Crippen molar-refractivity contribution in [3.05, 3.63) is 53.3 Å². The highest BCUT2D eigenvalue weighted by molar-refractivity contribution is 6.44. The van der Waals surface area contributed by atoms with Crippen molar-refractivity contribution >= 4 is 31.3 Å². The summed E-state index contributed by atoms with van der Waals surface area (Å²) < 4.78 is 11.2. The first-order valence-corrected chi connectivity index (χ1v) is 8.85. The van der Waals surface area contributed by atoms with Gasteiger partial charge in [0.2, 0.25) is 0 Å². The van der Waals surface area contributed by atoms with Gasteiger partial charge in [-0.05, 0) is 36.5 Å². The van der Waals surface area contributed by atoms with Gasteiger partial charge in [0.1, 0.15) is 28.9 Å². The molecule has 2 aliphatic rings. The van der Waals surface area contributed by atoms with Crippen molar-refractivity contribution in [1.29, 1.82) is 0 Å². The molecule has 3 N–H and O–H groups in total. The van der Waals surface area contributed by atoms with Gasteiger partial charge in [-0.3, -0.25) is 4.98 Å². The average molecular weight is 420 g/mol. The number of carboxylic acids is 1. The number of nitrogens with zero attached hydrogens (tertiary/aromatic N) is 3. The first-order valence-electron chi connectivity index (χ1n) is 8.85. The van der Waals surface area contributed by atoms with Gasteiger partial charge in [0.05, 0.1) is 13.1 Å². The standard InChI is InChI=1S/C18H18BN3O6.ClH/c23-18(24)15-14(5-4-11-6-7-19(25)28-16(11)15)27-12-9-22(10-12)17(21-26)13-3-1-2-8-20-13;/h1-5,8,12,25-26H,6-7,9-10H2,(H,23,24);1H. The van der Waals surface area contributed by atoms with Crippen LogP contribution in [0.3, 0.4) is 0 Å². The molecule has 11 heteroatoms. The number of likely N-dealkylation sites (tertiary alicyclic amines) is 1. The summed E-state index contributed by atoms with van der Waals surface area (Å²) in [5, 5.41) is 32.0. The molecule has 0 radical (unpaired) electrons. The third-order valence-electron chi connectivity index (χ3n) is 4.76. The van der Waals surface area contributed by atoms with Gasteiger partial charge in [-0.25, -0.2) is 4.79 Å². The molecule has 0 saturated carbocycles. The lowest BCUT2D eigenvalue weighted by atomic mass is 9.78. The van der Waals surface area contributed by atoms with Crippen molar-refractivity contribution < 1.29 is 29.5 Å². The molecule has 9 nitrogen and oxygen atoms in total. The number of oxime groups is 1. The van der Waals surface area contributed by atoms with Crippen LogP contribution in [0.15, 0.2) is 41.7 Å². The van der Waals surface area contributed by atoms with Crippen LogP contribution in [0.5, 0.6) is 11.5 Å². The molecule has 0 spiro atoms. The molecule has 0 aliphatic carbocycles. The van der Waals surface area contributed by atoms with E-state index >= 15 is 0 Å². The van der Waals surface area contributed by atoms with Crippen LogP contribution in [0, 0.1) is 0 Å². The number of hydrogen-bond acceptors (Lipinski definition) is 7. The highest BCUT2D eigenvalue weighted by Gasteiger charge is 2.35. The maximum atomic E-state index is 11.8. The van der Waals surface area contributed by atoms with Crippen LogP contribution < -0.4 is 9.39 Å². The van der Waals surface area contributed by atoms with Crippen LogP contribution in [-0.4, -0.2) is 63.3 Å². The zero-order valence-corrected chi connectivity index (χ0v) is 16.1. The number of pyridine rings is 1. The Bertz CT molecular complexity index is 923. The molecule has 0 unspecified atom stereocenters. The topological polar surface area (TPSA) is 125 Å². The van der Waals surface area contributed by atoms with Gasteiger partial charge in [0, 0.05) is 6.20 Å². The maximum Gasteiger partial charge on any atom is 0.522 e. The van der Waals surface area contributed by atoms with E-state index in [0.717, 1.165) is 5.56 Å². The summed E-state index contributed by atoms with van der Waals surface area (Å²) in [4.78, 5) is 17.7. The van der Waals surface area contributed by atoms with E-state index in [9.17, 15) is 20.1 Å². The second-order valence-electron chi connectivity index (χ2n) is 6.63. The van der Waals surface area contributed by atoms with Gasteiger partial charge in [-0.1, -0.05) is 17.3 Å². The number of benzene rings is 1. The molecule has 1 aromatic heterocycles. The Morgan fingerprint density at radius 3 is 2.76 bits per heavy atom. The molecule has 29 heavy (non-hydrogen) atoms. The van der Waals surface area contributed by atoms with Gasteiger partial charge >= 0.3 is 13.1 Å². The van der Waals surface area contributed by atoms with Crippen LogP contribution in [0.4, 0.5) is 0 Å². The molecular formula is C18H19BClN3O6. The fourth-order valence-electron chi connectivity index (χ4n) is 3.35. The van der Waals surface area contributed by atoms with Gasteiger partial charge in [-0.2, -0.15) is 0 Å².